The van der Waals surface area contributed by atoms with Gasteiger partial charge in [-0.3, -0.25) is 14.6 Å². The molecule has 2 heterocycles. The molecule has 0 saturated carbocycles. The highest BCUT2D eigenvalue weighted by molar-refractivity contribution is 7.93. The normalized spacial score (nSPS) is 12.1. The van der Waals surface area contributed by atoms with Crippen molar-refractivity contribution in [1.82, 2.24) is 19.3 Å². The Labute approximate surface area is 245 Å². The van der Waals surface area contributed by atoms with Crippen LogP contribution in [0.5, 0.6) is 17.2 Å². The molecule has 3 N–H and O–H groups in total. The van der Waals surface area contributed by atoms with Gasteiger partial charge in [0.15, 0.2) is 12.4 Å². The van der Waals surface area contributed by atoms with Gasteiger partial charge in [0.2, 0.25) is 5.91 Å². The number of amides is 2. The predicted molar refractivity (Wildman–Crippen MR) is 153 cm³/mol. The summed E-state index contributed by atoms with van der Waals surface area (Å²) in [6, 6.07) is 10.0. The van der Waals surface area contributed by atoms with E-state index in [0.29, 0.717) is 28.3 Å². The number of nitrogens with one attached hydrogen (secondary N) is 1. The summed E-state index contributed by atoms with van der Waals surface area (Å²) in [6.45, 7) is 2.89. The molecule has 0 fully saturated rings. The van der Waals surface area contributed by atoms with Gasteiger partial charge in [0.05, 0.1) is 42.4 Å². The molecule has 2 aromatic heterocycles. The van der Waals surface area contributed by atoms with Crippen LogP contribution in [0.1, 0.15) is 16.8 Å². The lowest BCUT2D eigenvalue weighted by atomic mass is 10.1. The SMILES string of the molecule is COc1ccc2nc([S+]([O-])Cc3ncc(C)c(OC)c3C)n(S(=O)(=O)c3ccc(OCC(=O)NCC(N)=O)cc3)c2c1. The number of ether oxygens (including phenoxy) is 3. The van der Waals surface area contributed by atoms with Crippen molar-refractivity contribution in [2.24, 2.45) is 5.73 Å². The van der Waals surface area contributed by atoms with Crippen LogP contribution in [0.15, 0.2) is 58.7 Å². The molecule has 15 heteroatoms. The zero-order chi connectivity index (χ0) is 30.6. The average molecular weight is 616 g/mol. The first-order chi connectivity index (χ1) is 20.0. The molecule has 2 amide bonds. The Morgan fingerprint density at radius 1 is 1.07 bits per heavy atom. The predicted octanol–water partition coefficient (Wildman–Crippen LogP) is 1.59. The van der Waals surface area contributed by atoms with Gasteiger partial charge in [-0.2, -0.15) is 8.96 Å². The number of methoxy groups -OCH3 is 2. The number of aromatic nitrogens is 3. The maximum absolute atomic E-state index is 14.0. The second kappa shape index (κ2) is 12.7. The Hall–Kier alpha value is -4.34. The van der Waals surface area contributed by atoms with Crippen LogP contribution in [0, 0.1) is 13.8 Å². The van der Waals surface area contributed by atoms with Crippen LogP contribution in [0.3, 0.4) is 0 Å². The summed E-state index contributed by atoms with van der Waals surface area (Å²) in [5, 5.41) is 2.09. The minimum atomic E-state index is -4.34. The van der Waals surface area contributed by atoms with Crippen LogP contribution < -0.4 is 25.3 Å². The Kier molecular flexibility index (Phi) is 9.23. The lowest BCUT2D eigenvalue weighted by molar-refractivity contribution is -0.126. The van der Waals surface area contributed by atoms with Gasteiger partial charge in [-0.05, 0) is 50.2 Å². The van der Waals surface area contributed by atoms with E-state index in [9.17, 15) is 22.6 Å². The van der Waals surface area contributed by atoms with Crippen LogP contribution in [0.4, 0.5) is 0 Å². The quantitative estimate of drug-likeness (QED) is 0.222. The number of nitrogens with zero attached hydrogens (tertiary/aromatic N) is 3. The highest BCUT2D eigenvalue weighted by Crippen LogP contribution is 2.32. The zero-order valence-corrected chi connectivity index (χ0v) is 24.9. The van der Waals surface area contributed by atoms with Gasteiger partial charge in [0, 0.05) is 34.6 Å². The Morgan fingerprint density at radius 2 is 1.76 bits per heavy atom. The van der Waals surface area contributed by atoms with E-state index in [4.69, 9.17) is 19.9 Å². The third-order valence-corrected chi connectivity index (χ3v) is 9.25. The van der Waals surface area contributed by atoms with E-state index in [1.165, 1.54) is 44.6 Å². The number of carbonyl (C=O) groups is 2. The van der Waals surface area contributed by atoms with E-state index < -0.39 is 39.6 Å². The van der Waals surface area contributed by atoms with Crippen molar-refractivity contribution >= 4 is 44.0 Å². The second-order valence-corrected chi connectivity index (χ2v) is 12.2. The number of rotatable bonds is 12. The number of aryl methyl sites for hydroxylation is 1. The highest BCUT2D eigenvalue weighted by Gasteiger charge is 2.32. The van der Waals surface area contributed by atoms with Crippen LogP contribution in [-0.2, 0) is 36.5 Å². The third kappa shape index (κ3) is 6.42. The molecule has 0 saturated heterocycles. The molecular weight excluding hydrogens is 586 g/mol. The minimum Gasteiger partial charge on any atom is -0.609 e. The summed E-state index contributed by atoms with van der Waals surface area (Å²) in [5.74, 6) is -0.187. The van der Waals surface area contributed by atoms with E-state index in [1.807, 2.05) is 6.92 Å². The van der Waals surface area contributed by atoms with Gasteiger partial charge in [0.1, 0.15) is 17.2 Å². The van der Waals surface area contributed by atoms with Crippen molar-refractivity contribution in [1.29, 1.82) is 0 Å². The fraction of sp³-hybridized carbons (Fsp3) is 0.259. The van der Waals surface area contributed by atoms with E-state index >= 15 is 0 Å². The van der Waals surface area contributed by atoms with E-state index in [0.717, 1.165) is 9.54 Å². The van der Waals surface area contributed by atoms with Crippen LogP contribution in [0.2, 0.25) is 0 Å². The van der Waals surface area contributed by atoms with Crippen molar-refractivity contribution < 1.29 is 36.8 Å². The number of fused-ring (bicyclic) bond motifs is 1. The molecule has 0 bridgehead atoms. The summed E-state index contributed by atoms with van der Waals surface area (Å²) in [6.07, 6.45) is 1.61. The third-order valence-electron chi connectivity index (χ3n) is 6.20. The molecule has 13 nitrogen and oxygen atoms in total. The lowest BCUT2D eigenvalue weighted by Gasteiger charge is -2.15. The van der Waals surface area contributed by atoms with Crippen molar-refractivity contribution in [3.05, 3.63) is 65.5 Å². The summed E-state index contributed by atoms with van der Waals surface area (Å²) >= 11 is -1.94. The first-order valence-electron chi connectivity index (χ1n) is 12.4. The van der Waals surface area contributed by atoms with E-state index in [2.05, 4.69) is 15.3 Å². The number of primary amides is 1. The summed E-state index contributed by atoms with van der Waals surface area (Å²) in [7, 11) is -1.36. The number of nitrogens with two attached hydrogens (primary N) is 1. The van der Waals surface area contributed by atoms with E-state index in [1.54, 1.807) is 25.3 Å². The number of pyridine rings is 1. The maximum atomic E-state index is 14.0. The molecule has 0 aliphatic carbocycles. The molecular formula is C27H29N5O8S2. The van der Waals surface area contributed by atoms with Crippen molar-refractivity contribution in [2.45, 2.75) is 29.7 Å². The monoisotopic (exact) mass is 615 g/mol. The number of carbonyl (C=O) groups excluding carboxylic acids is 2. The average Bonchev–Trinajstić information content (AvgIpc) is 3.36. The Bertz CT molecular complexity index is 1740. The molecule has 0 radical (unpaired) electrons. The lowest BCUT2D eigenvalue weighted by Crippen LogP contribution is -2.36. The van der Waals surface area contributed by atoms with Crippen molar-refractivity contribution in [3.63, 3.8) is 0 Å². The molecule has 1 unspecified atom stereocenters. The molecule has 42 heavy (non-hydrogen) atoms. The molecule has 0 spiro atoms. The van der Waals surface area contributed by atoms with Crippen LogP contribution in [-0.4, -0.2) is 66.1 Å². The molecule has 222 valence electrons. The van der Waals surface area contributed by atoms with Gasteiger partial charge in [-0.25, -0.2) is 8.42 Å². The Morgan fingerprint density at radius 3 is 2.40 bits per heavy atom. The number of hydrogen-bond acceptors (Lipinski definition) is 10. The van der Waals surface area contributed by atoms with Gasteiger partial charge in [0.25, 0.3) is 15.9 Å². The zero-order valence-electron chi connectivity index (χ0n) is 23.2. The fourth-order valence-corrected chi connectivity index (χ4v) is 7.16. The summed E-state index contributed by atoms with van der Waals surface area (Å²) in [4.78, 5) is 31.3. The fourth-order valence-electron chi connectivity index (χ4n) is 4.12. The smallest absolute Gasteiger partial charge is 0.338 e. The van der Waals surface area contributed by atoms with Gasteiger partial charge >= 0.3 is 5.16 Å². The number of imidazole rings is 1. The summed E-state index contributed by atoms with van der Waals surface area (Å²) in [5.41, 5.74) is 7.45. The molecule has 1 atom stereocenters. The van der Waals surface area contributed by atoms with Crippen LogP contribution >= 0.6 is 0 Å². The topological polar surface area (TPSA) is 188 Å². The van der Waals surface area contributed by atoms with E-state index in [-0.39, 0.29) is 33.6 Å². The molecule has 2 aromatic carbocycles. The first-order valence-corrected chi connectivity index (χ1v) is 15.2. The molecule has 4 aromatic rings. The Balaban J connectivity index is 1.70. The largest absolute Gasteiger partial charge is 0.609 e. The standard InChI is InChI=1S/C27H29N5O8S2/c1-16-12-29-22(17(2)26(16)39-4)15-41(35)27-31-21-10-7-19(38-3)11-23(21)32(27)42(36,37)20-8-5-18(6-9-20)40-14-25(34)30-13-24(28)33/h5-12H,13-15H2,1-4H3,(H2,28,33)(H,30,34). The van der Waals surface area contributed by atoms with Crippen molar-refractivity contribution in [3.8, 4) is 17.2 Å². The van der Waals surface area contributed by atoms with Gasteiger partial charge < -0.3 is 29.8 Å². The molecule has 0 aliphatic rings. The van der Waals surface area contributed by atoms with Crippen molar-refractivity contribution in [2.75, 3.05) is 27.4 Å². The second-order valence-electron chi connectivity index (χ2n) is 9.06. The maximum Gasteiger partial charge on any atom is 0.338 e. The first kappa shape index (κ1) is 30.6. The van der Waals surface area contributed by atoms with Gasteiger partial charge in [-0.1, -0.05) is 0 Å². The number of benzene rings is 2. The van der Waals surface area contributed by atoms with Crippen LogP contribution in [0.25, 0.3) is 11.0 Å². The number of hydrogen-bond donors (Lipinski definition) is 2. The summed E-state index contributed by atoms with van der Waals surface area (Å²) < 4.78 is 58.8. The molecule has 4 rings (SSSR count). The molecule has 0 aliphatic heterocycles. The minimum absolute atomic E-state index is 0.108. The van der Waals surface area contributed by atoms with Gasteiger partial charge in [-0.15, -0.1) is 0 Å². The highest BCUT2D eigenvalue weighted by atomic mass is 32.2.